The largest absolute Gasteiger partial charge is 0.497 e. The highest BCUT2D eigenvalue weighted by Crippen LogP contribution is 2.26. The van der Waals surface area contributed by atoms with Gasteiger partial charge in [-0.2, -0.15) is 0 Å². The third-order valence-corrected chi connectivity index (χ3v) is 5.96. The summed E-state index contributed by atoms with van der Waals surface area (Å²) in [4.78, 5) is 44.6. The minimum atomic E-state index is -0.388. The van der Waals surface area contributed by atoms with Gasteiger partial charge in [0.15, 0.2) is 5.17 Å². The normalized spacial score (nSPS) is 17.0. The van der Waals surface area contributed by atoms with E-state index in [0.29, 0.717) is 30.5 Å². The molecule has 0 unspecified atom stereocenters. The van der Waals surface area contributed by atoms with Crippen LogP contribution in [-0.2, 0) is 16.1 Å². The van der Waals surface area contributed by atoms with Gasteiger partial charge in [-0.3, -0.25) is 19.4 Å². The van der Waals surface area contributed by atoms with E-state index in [1.807, 2.05) is 54.6 Å². The summed E-state index contributed by atoms with van der Waals surface area (Å²) in [6.07, 6.45) is 1.71. The molecule has 0 bridgehead atoms. The Labute approximate surface area is 189 Å². The second-order valence-electron chi connectivity index (χ2n) is 7.14. The molecule has 0 spiro atoms. The van der Waals surface area contributed by atoms with E-state index in [-0.39, 0.29) is 23.6 Å². The summed E-state index contributed by atoms with van der Waals surface area (Å²) in [5.74, 6) is 0.187. The molecule has 0 aromatic heterocycles. The lowest BCUT2D eigenvalue weighted by molar-refractivity contribution is -0.125. The van der Waals surface area contributed by atoms with Crippen LogP contribution >= 0.6 is 11.8 Å². The molecule has 2 aliphatic rings. The summed E-state index contributed by atoms with van der Waals surface area (Å²) in [6.45, 7) is 1.13. The SMILES string of the molecule is COc1ccc(/C=C2\N=C(SCC(=O)N3CCNC3=O)N(Cc3ccccc3)C2=O)cc1. The summed E-state index contributed by atoms with van der Waals surface area (Å²) in [5, 5.41) is 3.05. The van der Waals surface area contributed by atoms with Gasteiger partial charge in [-0.15, -0.1) is 0 Å². The number of amidine groups is 1. The maximum Gasteiger partial charge on any atom is 0.324 e. The molecule has 1 saturated heterocycles. The number of carbonyl (C=O) groups is 3. The van der Waals surface area contributed by atoms with Crippen molar-refractivity contribution in [3.8, 4) is 5.75 Å². The molecule has 0 radical (unpaired) electrons. The molecule has 2 aliphatic heterocycles. The summed E-state index contributed by atoms with van der Waals surface area (Å²) >= 11 is 1.16. The Morgan fingerprint density at radius 3 is 2.56 bits per heavy atom. The van der Waals surface area contributed by atoms with E-state index in [4.69, 9.17) is 4.74 Å². The number of imide groups is 1. The lowest BCUT2D eigenvalue weighted by atomic mass is 10.1. The third-order valence-electron chi connectivity index (χ3n) is 5.00. The quantitative estimate of drug-likeness (QED) is 0.684. The molecule has 2 aromatic carbocycles. The van der Waals surface area contributed by atoms with Crippen molar-refractivity contribution in [2.75, 3.05) is 26.0 Å². The number of hydrogen-bond acceptors (Lipinski definition) is 6. The molecule has 0 saturated carbocycles. The number of nitrogens with zero attached hydrogens (tertiary/aromatic N) is 3. The smallest absolute Gasteiger partial charge is 0.324 e. The Bertz CT molecular complexity index is 1080. The van der Waals surface area contributed by atoms with Crippen LogP contribution in [0.25, 0.3) is 6.08 Å². The molecular weight excluding hydrogens is 428 g/mol. The van der Waals surface area contributed by atoms with Gasteiger partial charge < -0.3 is 10.1 Å². The van der Waals surface area contributed by atoms with Crippen LogP contribution in [0.15, 0.2) is 65.3 Å². The Hall–Kier alpha value is -3.59. The number of benzene rings is 2. The summed E-state index contributed by atoms with van der Waals surface area (Å²) < 4.78 is 5.17. The van der Waals surface area contributed by atoms with E-state index < -0.39 is 0 Å². The molecule has 164 valence electrons. The monoisotopic (exact) mass is 450 g/mol. The van der Waals surface area contributed by atoms with Gasteiger partial charge in [-0.1, -0.05) is 54.2 Å². The van der Waals surface area contributed by atoms with E-state index in [1.54, 1.807) is 18.1 Å². The number of ether oxygens (including phenoxy) is 1. The van der Waals surface area contributed by atoms with Crippen molar-refractivity contribution in [3.05, 3.63) is 71.4 Å². The highest BCUT2D eigenvalue weighted by atomic mass is 32.2. The predicted octanol–water partition coefficient (Wildman–Crippen LogP) is 2.72. The van der Waals surface area contributed by atoms with E-state index >= 15 is 0 Å². The first-order valence-electron chi connectivity index (χ1n) is 10.1. The van der Waals surface area contributed by atoms with Gasteiger partial charge in [0.05, 0.1) is 19.4 Å². The zero-order chi connectivity index (χ0) is 22.5. The van der Waals surface area contributed by atoms with Gasteiger partial charge >= 0.3 is 6.03 Å². The minimum absolute atomic E-state index is 0.0145. The first-order valence-corrected chi connectivity index (χ1v) is 11.0. The number of aliphatic imine (C=N–C) groups is 1. The molecular formula is C23H22N4O4S. The Kier molecular flexibility index (Phi) is 6.55. The van der Waals surface area contributed by atoms with Gasteiger partial charge in [0, 0.05) is 13.1 Å². The number of rotatable bonds is 6. The molecule has 2 heterocycles. The van der Waals surface area contributed by atoms with Crippen LogP contribution in [0.3, 0.4) is 0 Å². The van der Waals surface area contributed by atoms with Crippen LogP contribution < -0.4 is 10.1 Å². The maximum absolute atomic E-state index is 13.1. The Morgan fingerprint density at radius 2 is 1.91 bits per heavy atom. The first kappa shape index (κ1) is 21.6. The number of amides is 4. The standard InChI is InChI=1S/C23H22N4O4S/c1-31-18-9-7-16(8-10-18)13-19-21(29)27(14-17-5-3-2-4-6-17)23(25-19)32-15-20(28)26-12-11-24-22(26)30/h2-10,13H,11-12,14-15H2,1H3,(H,24,30)/b19-13-. The van der Waals surface area contributed by atoms with E-state index in [1.165, 1.54) is 4.90 Å². The van der Waals surface area contributed by atoms with Crippen LogP contribution in [-0.4, -0.2) is 58.8 Å². The van der Waals surface area contributed by atoms with Gasteiger partial charge in [0.1, 0.15) is 11.4 Å². The molecule has 1 N–H and O–H groups in total. The number of carbonyl (C=O) groups excluding carboxylic acids is 3. The number of hydrogen-bond donors (Lipinski definition) is 1. The molecule has 32 heavy (non-hydrogen) atoms. The molecule has 4 amide bonds. The molecule has 0 aliphatic carbocycles. The second kappa shape index (κ2) is 9.69. The van der Waals surface area contributed by atoms with Gasteiger partial charge in [-0.25, -0.2) is 9.79 Å². The van der Waals surface area contributed by atoms with Crippen molar-refractivity contribution in [2.45, 2.75) is 6.54 Å². The fourth-order valence-electron chi connectivity index (χ4n) is 3.32. The fourth-order valence-corrected chi connectivity index (χ4v) is 4.19. The molecule has 1 fully saturated rings. The summed E-state index contributed by atoms with van der Waals surface area (Å²) in [6, 6.07) is 16.5. The van der Waals surface area contributed by atoms with Crippen LogP contribution in [0.5, 0.6) is 5.75 Å². The molecule has 2 aromatic rings. The second-order valence-corrected chi connectivity index (χ2v) is 8.08. The number of nitrogens with one attached hydrogen (secondary N) is 1. The van der Waals surface area contributed by atoms with E-state index in [2.05, 4.69) is 10.3 Å². The van der Waals surface area contributed by atoms with Crippen molar-refractivity contribution >= 4 is 40.9 Å². The van der Waals surface area contributed by atoms with Crippen LogP contribution in [0, 0.1) is 0 Å². The van der Waals surface area contributed by atoms with Crippen molar-refractivity contribution in [1.82, 2.24) is 15.1 Å². The van der Waals surface area contributed by atoms with E-state index in [0.717, 1.165) is 28.6 Å². The van der Waals surface area contributed by atoms with Crippen molar-refractivity contribution in [1.29, 1.82) is 0 Å². The first-order chi connectivity index (χ1) is 15.5. The summed E-state index contributed by atoms with van der Waals surface area (Å²) in [5.41, 5.74) is 2.05. The molecule has 8 nitrogen and oxygen atoms in total. The number of methoxy groups -OCH3 is 1. The van der Waals surface area contributed by atoms with Gasteiger partial charge in [-0.05, 0) is 29.3 Å². The van der Waals surface area contributed by atoms with Gasteiger partial charge in [0.25, 0.3) is 5.91 Å². The van der Waals surface area contributed by atoms with Gasteiger partial charge in [0.2, 0.25) is 5.91 Å². The Morgan fingerprint density at radius 1 is 1.16 bits per heavy atom. The topological polar surface area (TPSA) is 91.3 Å². The minimum Gasteiger partial charge on any atom is -0.497 e. The van der Waals surface area contributed by atoms with Crippen molar-refractivity contribution in [2.24, 2.45) is 4.99 Å². The highest BCUT2D eigenvalue weighted by molar-refractivity contribution is 8.14. The number of urea groups is 1. The number of thioether (sulfide) groups is 1. The van der Waals surface area contributed by atoms with E-state index in [9.17, 15) is 14.4 Å². The molecule has 0 atom stereocenters. The lowest BCUT2D eigenvalue weighted by Crippen LogP contribution is -2.36. The van der Waals surface area contributed by atoms with Crippen LogP contribution in [0.4, 0.5) is 4.79 Å². The van der Waals surface area contributed by atoms with Crippen LogP contribution in [0.1, 0.15) is 11.1 Å². The highest BCUT2D eigenvalue weighted by Gasteiger charge is 2.32. The zero-order valence-corrected chi connectivity index (χ0v) is 18.3. The lowest BCUT2D eigenvalue weighted by Gasteiger charge is -2.18. The van der Waals surface area contributed by atoms with Crippen LogP contribution in [0.2, 0.25) is 0 Å². The van der Waals surface area contributed by atoms with Crippen molar-refractivity contribution in [3.63, 3.8) is 0 Å². The van der Waals surface area contributed by atoms with Crippen molar-refractivity contribution < 1.29 is 19.1 Å². The Balaban J connectivity index is 1.55. The summed E-state index contributed by atoms with van der Waals surface area (Å²) in [7, 11) is 1.59. The average Bonchev–Trinajstić information content (AvgIpc) is 3.37. The third kappa shape index (κ3) is 4.83. The maximum atomic E-state index is 13.1. The predicted molar refractivity (Wildman–Crippen MR) is 123 cm³/mol. The average molecular weight is 451 g/mol. The molecule has 4 rings (SSSR count). The molecule has 9 heteroatoms. The zero-order valence-electron chi connectivity index (χ0n) is 17.5. The fraction of sp³-hybridized carbons (Fsp3) is 0.217.